The molecule has 1 unspecified atom stereocenters. The third-order valence-electron chi connectivity index (χ3n) is 2.34. The molecule has 0 N–H and O–H groups in total. The number of amides is 1. The normalized spacial score (nSPS) is 22.8. The monoisotopic (exact) mass is 271 g/mol. The second kappa shape index (κ2) is 5.41. The first-order chi connectivity index (χ1) is 7.03. The van der Waals surface area contributed by atoms with Gasteiger partial charge in [0, 0.05) is 23.8 Å². The van der Waals surface area contributed by atoms with Gasteiger partial charge in [-0.1, -0.05) is 6.92 Å². The Hall–Kier alpha value is 0.0600. The molecule has 0 aromatic rings. The van der Waals surface area contributed by atoms with E-state index in [-0.39, 0.29) is 17.5 Å². The van der Waals surface area contributed by atoms with Gasteiger partial charge in [0.25, 0.3) is 0 Å². The first-order valence-corrected chi connectivity index (χ1v) is 8.08. The summed E-state index contributed by atoms with van der Waals surface area (Å²) in [6, 6.07) is 0. The predicted octanol–water partition coefficient (Wildman–Crippen LogP) is 0.561. The van der Waals surface area contributed by atoms with E-state index in [1.807, 2.05) is 0 Å². The maximum atomic E-state index is 11.7. The zero-order valence-corrected chi connectivity index (χ0v) is 10.9. The van der Waals surface area contributed by atoms with Crippen molar-refractivity contribution < 1.29 is 13.2 Å². The predicted molar refractivity (Wildman–Crippen MR) is 63.0 cm³/mol. The van der Waals surface area contributed by atoms with E-state index in [1.54, 1.807) is 18.7 Å². The van der Waals surface area contributed by atoms with Gasteiger partial charge in [-0.05, 0) is 0 Å². The largest absolute Gasteiger partial charge is 0.323 e. The summed E-state index contributed by atoms with van der Waals surface area (Å²) in [5.74, 6) is 0.848. The number of halogens is 1. The number of thioether (sulfide) groups is 1. The Morgan fingerprint density at radius 2 is 2.27 bits per heavy atom. The molecule has 88 valence electrons. The first kappa shape index (κ1) is 13.1. The van der Waals surface area contributed by atoms with Gasteiger partial charge in [-0.2, -0.15) is 11.8 Å². The number of hydrogen-bond acceptors (Lipinski definition) is 4. The average Bonchev–Trinajstić information content (AvgIpc) is 2.28. The molecule has 15 heavy (non-hydrogen) atoms. The zero-order chi connectivity index (χ0) is 11.5. The zero-order valence-electron chi connectivity index (χ0n) is 8.48. The fraction of sp³-hybridized carbons (Fsp3) is 0.875. The molecular weight excluding hydrogens is 258 g/mol. The number of carbonyl (C=O) groups is 1. The molecule has 0 saturated carbocycles. The highest BCUT2D eigenvalue weighted by Crippen LogP contribution is 2.21. The van der Waals surface area contributed by atoms with E-state index in [1.165, 1.54) is 4.90 Å². The van der Waals surface area contributed by atoms with Gasteiger partial charge >= 0.3 is 0 Å². The summed E-state index contributed by atoms with van der Waals surface area (Å²) in [7, 11) is -3.20. The Balaban J connectivity index is 2.88. The standard InChI is InChI=1S/C8H14ClNO3S2/c1-2-15(12,13)8-6-14-4-3-10(8)7(11)5-9/h8H,2-6H2,1H3. The van der Waals surface area contributed by atoms with Crippen LogP contribution in [-0.4, -0.2) is 54.3 Å². The second-order valence-electron chi connectivity index (χ2n) is 3.20. The van der Waals surface area contributed by atoms with Crippen molar-refractivity contribution in [3.63, 3.8) is 0 Å². The molecule has 0 aromatic carbocycles. The molecule has 1 saturated heterocycles. The summed E-state index contributed by atoms with van der Waals surface area (Å²) in [5.41, 5.74) is 0. The highest BCUT2D eigenvalue weighted by Gasteiger charge is 2.35. The van der Waals surface area contributed by atoms with Crippen molar-refractivity contribution in [2.45, 2.75) is 12.3 Å². The van der Waals surface area contributed by atoms with Crippen LogP contribution in [0.3, 0.4) is 0 Å². The molecule has 0 aromatic heterocycles. The Kier molecular flexibility index (Phi) is 4.73. The number of sulfone groups is 1. The summed E-state index contributed by atoms with van der Waals surface area (Å²) in [6.45, 7) is 2.07. The van der Waals surface area contributed by atoms with Crippen LogP contribution in [0.5, 0.6) is 0 Å². The van der Waals surface area contributed by atoms with Crippen LogP contribution >= 0.6 is 23.4 Å². The van der Waals surface area contributed by atoms with Crippen molar-refractivity contribution in [1.29, 1.82) is 0 Å². The van der Waals surface area contributed by atoms with Gasteiger partial charge in [0.2, 0.25) is 5.91 Å². The van der Waals surface area contributed by atoms with Crippen LogP contribution in [0.2, 0.25) is 0 Å². The summed E-state index contributed by atoms with van der Waals surface area (Å²) in [4.78, 5) is 12.9. The molecule has 0 bridgehead atoms. The SMILES string of the molecule is CCS(=O)(=O)C1CSCCN1C(=O)CCl. The van der Waals surface area contributed by atoms with Crippen molar-refractivity contribution >= 4 is 39.1 Å². The summed E-state index contributed by atoms with van der Waals surface area (Å²) >= 11 is 7.01. The highest BCUT2D eigenvalue weighted by molar-refractivity contribution is 8.01. The van der Waals surface area contributed by atoms with E-state index in [0.717, 1.165) is 5.75 Å². The van der Waals surface area contributed by atoms with E-state index in [2.05, 4.69) is 0 Å². The van der Waals surface area contributed by atoms with E-state index >= 15 is 0 Å². The van der Waals surface area contributed by atoms with E-state index in [4.69, 9.17) is 11.6 Å². The molecule has 0 spiro atoms. The Bertz CT molecular complexity index is 331. The van der Waals surface area contributed by atoms with Gasteiger partial charge in [0.15, 0.2) is 9.84 Å². The summed E-state index contributed by atoms with van der Waals surface area (Å²) in [5, 5.41) is -0.688. The number of alkyl halides is 1. The molecule has 1 atom stereocenters. The van der Waals surface area contributed by atoms with Crippen LogP contribution < -0.4 is 0 Å². The van der Waals surface area contributed by atoms with E-state index < -0.39 is 15.2 Å². The van der Waals surface area contributed by atoms with Gasteiger partial charge in [-0.15, -0.1) is 11.6 Å². The quantitative estimate of drug-likeness (QED) is 0.704. The van der Waals surface area contributed by atoms with Crippen LogP contribution in [-0.2, 0) is 14.6 Å². The molecule has 1 heterocycles. The average molecular weight is 272 g/mol. The molecule has 1 fully saturated rings. The molecule has 7 heteroatoms. The lowest BCUT2D eigenvalue weighted by Crippen LogP contribution is -2.51. The molecular formula is C8H14ClNO3S2. The van der Waals surface area contributed by atoms with Crippen molar-refractivity contribution in [3.8, 4) is 0 Å². The van der Waals surface area contributed by atoms with Crippen LogP contribution in [0.25, 0.3) is 0 Å². The van der Waals surface area contributed by atoms with Gasteiger partial charge in [-0.25, -0.2) is 8.42 Å². The lowest BCUT2D eigenvalue weighted by Gasteiger charge is -2.34. The third kappa shape index (κ3) is 3.01. The molecule has 1 rings (SSSR count). The molecule has 1 amide bonds. The minimum absolute atomic E-state index is 0.0598. The number of nitrogens with zero attached hydrogens (tertiary/aromatic N) is 1. The Labute approximate surface area is 99.3 Å². The van der Waals surface area contributed by atoms with Crippen LogP contribution in [0.4, 0.5) is 0 Å². The van der Waals surface area contributed by atoms with Gasteiger partial charge in [0.1, 0.15) is 11.3 Å². The molecule has 1 aliphatic heterocycles. The fourth-order valence-electron chi connectivity index (χ4n) is 1.43. The topological polar surface area (TPSA) is 54.5 Å². The first-order valence-electron chi connectivity index (χ1n) is 4.67. The van der Waals surface area contributed by atoms with Crippen molar-refractivity contribution in [2.75, 3.05) is 29.7 Å². The highest BCUT2D eigenvalue weighted by atomic mass is 35.5. The second-order valence-corrected chi connectivity index (χ2v) is 7.07. The van der Waals surface area contributed by atoms with Crippen LogP contribution in [0, 0.1) is 0 Å². The van der Waals surface area contributed by atoms with Crippen molar-refractivity contribution in [1.82, 2.24) is 4.90 Å². The van der Waals surface area contributed by atoms with Gasteiger partial charge < -0.3 is 4.90 Å². The van der Waals surface area contributed by atoms with Gasteiger partial charge in [0.05, 0.1) is 0 Å². The minimum Gasteiger partial charge on any atom is -0.323 e. The summed E-state index contributed by atoms with van der Waals surface area (Å²) in [6.07, 6.45) is 0. The van der Waals surface area contributed by atoms with Crippen LogP contribution in [0.1, 0.15) is 6.92 Å². The lowest BCUT2D eigenvalue weighted by molar-refractivity contribution is -0.128. The maximum absolute atomic E-state index is 11.7. The Morgan fingerprint density at radius 3 is 2.80 bits per heavy atom. The number of carbonyl (C=O) groups excluding carboxylic acids is 1. The fourth-order valence-corrected chi connectivity index (χ4v) is 4.57. The smallest absolute Gasteiger partial charge is 0.238 e. The minimum atomic E-state index is -3.20. The van der Waals surface area contributed by atoms with Crippen molar-refractivity contribution in [2.24, 2.45) is 0 Å². The lowest BCUT2D eigenvalue weighted by atomic mass is 10.4. The number of rotatable bonds is 3. The van der Waals surface area contributed by atoms with Gasteiger partial charge in [-0.3, -0.25) is 4.79 Å². The molecule has 1 aliphatic rings. The molecule has 0 radical (unpaired) electrons. The number of hydrogen-bond donors (Lipinski definition) is 0. The molecule has 4 nitrogen and oxygen atoms in total. The summed E-state index contributed by atoms with van der Waals surface area (Å²) < 4.78 is 23.5. The third-order valence-corrected chi connectivity index (χ3v) is 5.85. The van der Waals surface area contributed by atoms with E-state index in [0.29, 0.717) is 12.3 Å². The molecule has 0 aliphatic carbocycles. The van der Waals surface area contributed by atoms with Crippen molar-refractivity contribution in [3.05, 3.63) is 0 Å². The van der Waals surface area contributed by atoms with E-state index in [9.17, 15) is 13.2 Å². The Morgan fingerprint density at radius 1 is 1.60 bits per heavy atom. The van der Waals surface area contributed by atoms with Crippen LogP contribution in [0.15, 0.2) is 0 Å². The maximum Gasteiger partial charge on any atom is 0.238 e.